The van der Waals surface area contributed by atoms with Crippen molar-refractivity contribution < 1.29 is 18.4 Å². The minimum absolute atomic E-state index is 0.00891. The van der Waals surface area contributed by atoms with Crippen molar-refractivity contribution in [1.29, 1.82) is 5.26 Å². The zero-order chi connectivity index (χ0) is 22.8. The van der Waals surface area contributed by atoms with Crippen LogP contribution in [0.3, 0.4) is 0 Å². The van der Waals surface area contributed by atoms with E-state index in [4.69, 9.17) is 23.2 Å². The average molecular weight is 467 g/mol. The number of benzene rings is 2. The van der Waals surface area contributed by atoms with Gasteiger partial charge in [0, 0.05) is 29.7 Å². The van der Waals surface area contributed by atoms with Gasteiger partial charge < -0.3 is 15.5 Å². The first-order chi connectivity index (χ1) is 14.7. The van der Waals surface area contributed by atoms with E-state index in [9.17, 15) is 19.2 Å². The van der Waals surface area contributed by atoms with Crippen molar-refractivity contribution in [2.24, 2.45) is 0 Å². The topological polar surface area (TPSA) is 85.2 Å². The second kappa shape index (κ2) is 9.08. The van der Waals surface area contributed by atoms with Gasteiger partial charge in [-0.1, -0.05) is 41.4 Å². The van der Waals surface area contributed by atoms with Crippen LogP contribution in [0, 0.1) is 23.0 Å². The molecule has 1 aliphatic heterocycles. The van der Waals surface area contributed by atoms with Crippen molar-refractivity contribution in [3.8, 4) is 6.07 Å². The van der Waals surface area contributed by atoms with Gasteiger partial charge in [0.15, 0.2) is 0 Å². The largest absolute Gasteiger partial charge is 0.358 e. The lowest BCUT2D eigenvalue weighted by Gasteiger charge is -2.34. The predicted molar refractivity (Wildman–Crippen MR) is 112 cm³/mol. The number of hydrogen-bond donors (Lipinski definition) is 2. The lowest BCUT2D eigenvalue weighted by Crippen LogP contribution is -2.46. The SMILES string of the molecule is CNC(=O)CNC(=O)N1CCC(C#N)(c2ccc(Cl)cc2F)[C@H]1c1cccc(Cl)c1F. The number of carbonyl (C=O) groups excluding carboxylic acids is 2. The van der Waals surface area contributed by atoms with Crippen LogP contribution in [-0.2, 0) is 10.2 Å². The fraction of sp³-hybridized carbons (Fsp3) is 0.286. The highest BCUT2D eigenvalue weighted by molar-refractivity contribution is 6.31. The lowest BCUT2D eigenvalue weighted by molar-refractivity contribution is -0.119. The van der Waals surface area contributed by atoms with E-state index in [0.29, 0.717) is 0 Å². The van der Waals surface area contributed by atoms with E-state index in [1.54, 1.807) is 0 Å². The highest BCUT2D eigenvalue weighted by Gasteiger charge is 2.53. The van der Waals surface area contributed by atoms with Crippen LogP contribution in [0.25, 0.3) is 0 Å². The zero-order valence-electron chi connectivity index (χ0n) is 16.4. The molecule has 0 spiro atoms. The molecule has 0 aromatic heterocycles. The fourth-order valence-corrected chi connectivity index (χ4v) is 4.21. The Labute approximate surface area is 187 Å². The minimum Gasteiger partial charge on any atom is -0.358 e. The molecule has 2 aromatic rings. The number of likely N-dealkylation sites (N-methyl/N-ethyl adjacent to an activating group) is 1. The predicted octanol–water partition coefficient (Wildman–Crippen LogP) is 3.94. The third-order valence-corrected chi connectivity index (χ3v) is 5.88. The van der Waals surface area contributed by atoms with Gasteiger partial charge in [0.05, 0.1) is 23.7 Å². The number of nitrogens with zero attached hydrogens (tertiary/aromatic N) is 2. The summed E-state index contributed by atoms with van der Waals surface area (Å²) in [6.45, 7) is -0.294. The normalized spacial score (nSPS) is 20.3. The van der Waals surface area contributed by atoms with E-state index in [1.807, 2.05) is 0 Å². The van der Waals surface area contributed by atoms with Gasteiger partial charge in [0.2, 0.25) is 5.91 Å². The van der Waals surface area contributed by atoms with Crippen LogP contribution in [0.2, 0.25) is 10.0 Å². The van der Waals surface area contributed by atoms with Gasteiger partial charge >= 0.3 is 6.03 Å². The first-order valence-corrected chi connectivity index (χ1v) is 10.1. The molecule has 1 fully saturated rings. The smallest absolute Gasteiger partial charge is 0.318 e. The molecule has 1 heterocycles. The van der Waals surface area contributed by atoms with E-state index < -0.39 is 35.0 Å². The van der Waals surface area contributed by atoms with E-state index in [0.717, 1.165) is 6.07 Å². The Hall–Kier alpha value is -2.89. The Balaban J connectivity index is 2.14. The molecule has 162 valence electrons. The highest BCUT2D eigenvalue weighted by Crippen LogP contribution is 2.50. The molecule has 3 rings (SSSR count). The summed E-state index contributed by atoms with van der Waals surface area (Å²) < 4.78 is 29.9. The minimum atomic E-state index is -1.61. The summed E-state index contributed by atoms with van der Waals surface area (Å²) in [4.78, 5) is 25.6. The van der Waals surface area contributed by atoms with Crippen molar-refractivity contribution in [2.45, 2.75) is 17.9 Å². The van der Waals surface area contributed by atoms with Crippen LogP contribution in [0.4, 0.5) is 13.6 Å². The Kier molecular flexibility index (Phi) is 6.68. The maximum atomic E-state index is 15.0. The Morgan fingerprint density at radius 2 is 2.03 bits per heavy atom. The molecule has 3 amide bonds. The molecule has 0 aliphatic carbocycles. The summed E-state index contributed by atoms with van der Waals surface area (Å²) in [5.41, 5.74) is -1.65. The van der Waals surface area contributed by atoms with Crippen molar-refractivity contribution in [2.75, 3.05) is 20.1 Å². The van der Waals surface area contributed by atoms with Crippen LogP contribution >= 0.6 is 23.2 Å². The van der Waals surface area contributed by atoms with Gasteiger partial charge in [0.25, 0.3) is 0 Å². The molecular formula is C21H18Cl2F2N4O2. The average Bonchev–Trinajstić information content (AvgIpc) is 3.14. The molecule has 1 aliphatic rings. The van der Waals surface area contributed by atoms with Crippen LogP contribution in [-0.4, -0.2) is 37.0 Å². The fourth-order valence-electron chi connectivity index (χ4n) is 3.87. The van der Waals surface area contributed by atoms with Crippen LogP contribution < -0.4 is 10.6 Å². The Morgan fingerprint density at radius 3 is 2.68 bits per heavy atom. The van der Waals surface area contributed by atoms with E-state index >= 15 is 4.39 Å². The van der Waals surface area contributed by atoms with Crippen molar-refractivity contribution in [3.05, 3.63) is 69.2 Å². The monoisotopic (exact) mass is 466 g/mol. The molecule has 1 saturated heterocycles. The Bertz CT molecular complexity index is 1080. The molecule has 2 N–H and O–H groups in total. The second-order valence-electron chi connectivity index (χ2n) is 7.03. The van der Waals surface area contributed by atoms with Crippen molar-refractivity contribution in [3.63, 3.8) is 0 Å². The second-order valence-corrected chi connectivity index (χ2v) is 7.87. The van der Waals surface area contributed by atoms with Crippen LogP contribution in [0.5, 0.6) is 0 Å². The number of hydrogen-bond acceptors (Lipinski definition) is 3. The van der Waals surface area contributed by atoms with Crippen molar-refractivity contribution in [1.82, 2.24) is 15.5 Å². The number of rotatable bonds is 4. The van der Waals surface area contributed by atoms with Crippen molar-refractivity contribution >= 4 is 35.1 Å². The van der Waals surface area contributed by atoms with Gasteiger partial charge in [-0.25, -0.2) is 13.6 Å². The third-order valence-electron chi connectivity index (χ3n) is 5.35. The number of urea groups is 1. The van der Waals surface area contributed by atoms with Crippen LogP contribution in [0.15, 0.2) is 36.4 Å². The quantitative estimate of drug-likeness (QED) is 0.715. The van der Waals surface area contributed by atoms with Gasteiger partial charge in [-0.05, 0) is 24.6 Å². The molecular weight excluding hydrogens is 449 g/mol. The van der Waals surface area contributed by atoms with Crippen LogP contribution in [0.1, 0.15) is 23.6 Å². The van der Waals surface area contributed by atoms with Gasteiger partial charge in [-0.15, -0.1) is 0 Å². The summed E-state index contributed by atoms with van der Waals surface area (Å²) in [6.07, 6.45) is 0.0338. The molecule has 0 saturated carbocycles. The van der Waals surface area contributed by atoms with Gasteiger partial charge in [0.1, 0.15) is 17.0 Å². The van der Waals surface area contributed by atoms with E-state index in [-0.39, 0.29) is 40.7 Å². The number of likely N-dealkylation sites (tertiary alicyclic amines) is 1. The van der Waals surface area contributed by atoms with E-state index in [1.165, 1.54) is 42.3 Å². The third kappa shape index (κ3) is 4.16. The molecule has 2 atom stereocenters. The van der Waals surface area contributed by atoms with E-state index in [2.05, 4.69) is 16.7 Å². The molecule has 31 heavy (non-hydrogen) atoms. The lowest BCUT2D eigenvalue weighted by atomic mass is 9.72. The zero-order valence-corrected chi connectivity index (χ0v) is 17.9. The molecule has 1 unspecified atom stereocenters. The van der Waals surface area contributed by atoms with Gasteiger partial charge in [-0.2, -0.15) is 5.26 Å². The Morgan fingerprint density at radius 1 is 1.29 bits per heavy atom. The summed E-state index contributed by atoms with van der Waals surface area (Å²) in [5, 5.41) is 14.9. The molecule has 2 aromatic carbocycles. The highest BCUT2D eigenvalue weighted by atomic mass is 35.5. The number of nitrogens with one attached hydrogen (secondary N) is 2. The first-order valence-electron chi connectivity index (χ1n) is 9.31. The maximum Gasteiger partial charge on any atom is 0.318 e. The number of nitriles is 1. The number of carbonyl (C=O) groups is 2. The maximum absolute atomic E-state index is 15.0. The standard InChI is InChI=1S/C21H18Cl2F2N4O2/c1-27-17(30)10-28-20(31)29-8-7-21(11-26,14-6-5-12(22)9-16(14)24)19(29)13-3-2-4-15(23)18(13)25/h2-6,9,19H,7-8,10H2,1H3,(H,27,30)(H,28,31)/t19-,21?/m1/s1. The first kappa shape index (κ1) is 22.8. The number of amides is 3. The molecule has 6 nitrogen and oxygen atoms in total. The molecule has 0 radical (unpaired) electrons. The number of halogens is 4. The summed E-state index contributed by atoms with van der Waals surface area (Å²) in [7, 11) is 1.42. The summed E-state index contributed by atoms with van der Waals surface area (Å²) >= 11 is 11.8. The molecule has 0 bridgehead atoms. The summed E-state index contributed by atoms with van der Waals surface area (Å²) in [5.74, 6) is -1.99. The van der Waals surface area contributed by atoms with Gasteiger partial charge in [-0.3, -0.25) is 4.79 Å². The summed E-state index contributed by atoms with van der Waals surface area (Å²) in [6, 6.07) is 8.30. The molecule has 10 heteroatoms.